The van der Waals surface area contributed by atoms with Crippen LogP contribution in [0.2, 0.25) is 0 Å². The molecule has 0 radical (unpaired) electrons. The zero-order valence-electron chi connectivity index (χ0n) is 13.9. The van der Waals surface area contributed by atoms with Crippen molar-refractivity contribution in [2.75, 3.05) is 7.11 Å². The quantitative estimate of drug-likeness (QED) is 0.378. The monoisotopic (exact) mass is 362 g/mol. The first-order valence-corrected chi connectivity index (χ1v) is 8.77. The second-order valence-corrected chi connectivity index (χ2v) is 6.83. The fourth-order valence-electron chi connectivity index (χ4n) is 2.88. The molecular formula is C21H14O4S. The molecule has 0 bridgehead atoms. The van der Waals surface area contributed by atoms with Gasteiger partial charge in [0.1, 0.15) is 17.6 Å². The number of thiophene rings is 1. The van der Waals surface area contributed by atoms with Gasteiger partial charge in [0, 0.05) is 38.4 Å². The van der Waals surface area contributed by atoms with Crippen molar-refractivity contribution in [3.05, 3.63) is 76.6 Å². The molecule has 0 aliphatic carbocycles. The number of hydrogen-bond donors (Lipinski definition) is 0. The number of carbonyl (C=O) groups is 1. The van der Waals surface area contributed by atoms with Crippen molar-refractivity contribution in [1.29, 1.82) is 0 Å². The standard InChI is InChI=1S/C21H14O4S/c1-24-15-5-6-16-17(11-21(23)25-18(16)10-15)20-8-7-19(26-20)14-4-2-3-13(9-14)12-22/h2-12H,1H3. The number of hydrogen-bond acceptors (Lipinski definition) is 5. The number of aldehydes is 1. The Morgan fingerprint density at radius 3 is 2.65 bits per heavy atom. The lowest BCUT2D eigenvalue weighted by Crippen LogP contribution is -1.97. The van der Waals surface area contributed by atoms with E-state index in [-0.39, 0.29) is 0 Å². The zero-order chi connectivity index (χ0) is 18.1. The van der Waals surface area contributed by atoms with Gasteiger partial charge in [-0.25, -0.2) is 4.79 Å². The van der Waals surface area contributed by atoms with Crippen LogP contribution in [0.5, 0.6) is 5.75 Å². The van der Waals surface area contributed by atoms with Crippen LogP contribution in [0.1, 0.15) is 10.4 Å². The lowest BCUT2D eigenvalue weighted by Gasteiger charge is -2.05. The maximum absolute atomic E-state index is 12.0. The summed E-state index contributed by atoms with van der Waals surface area (Å²) < 4.78 is 10.5. The minimum absolute atomic E-state index is 0.404. The lowest BCUT2D eigenvalue weighted by atomic mass is 10.1. The third-order valence-electron chi connectivity index (χ3n) is 4.13. The largest absolute Gasteiger partial charge is 0.497 e. The van der Waals surface area contributed by atoms with Gasteiger partial charge in [-0.05, 0) is 35.9 Å². The Balaban J connectivity index is 1.85. The number of rotatable bonds is 4. The van der Waals surface area contributed by atoms with Crippen LogP contribution in [-0.4, -0.2) is 13.4 Å². The molecule has 0 aliphatic rings. The van der Waals surface area contributed by atoms with Gasteiger partial charge in [0.05, 0.1) is 7.11 Å². The zero-order valence-corrected chi connectivity index (χ0v) is 14.7. The molecule has 0 amide bonds. The van der Waals surface area contributed by atoms with Crippen LogP contribution in [0.15, 0.2) is 69.9 Å². The Bertz CT molecular complexity index is 1170. The number of carbonyl (C=O) groups excluding carboxylic acids is 1. The van der Waals surface area contributed by atoms with E-state index in [9.17, 15) is 9.59 Å². The lowest BCUT2D eigenvalue weighted by molar-refractivity contribution is 0.112. The van der Waals surface area contributed by atoms with Gasteiger partial charge < -0.3 is 9.15 Å². The smallest absolute Gasteiger partial charge is 0.336 e. The second-order valence-electron chi connectivity index (χ2n) is 5.75. The molecule has 4 nitrogen and oxygen atoms in total. The number of ether oxygens (including phenoxy) is 1. The summed E-state index contributed by atoms with van der Waals surface area (Å²) >= 11 is 1.56. The molecule has 0 N–H and O–H groups in total. The molecule has 0 unspecified atom stereocenters. The van der Waals surface area contributed by atoms with E-state index in [1.807, 2.05) is 42.5 Å². The molecule has 4 aromatic rings. The van der Waals surface area contributed by atoms with Crippen molar-refractivity contribution >= 4 is 28.6 Å². The molecule has 2 aromatic carbocycles. The molecule has 2 aromatic heterocycles. The van der Waals surface area contributed by atoms with E-state index >= 15 is 0 Å². The van der Waals surface area contributed by atoms with E-state index in [0.29, 0.717) is 16.9 Å². The molecule has 128 valence electrons. The molecule has 0 fully saturated rings. The van der Waals surface area contributed by atoms with E-state index in [1.165, 1.54) is 6.07 Å². The van der Waals surface area contributed by atoms with Crippen molar-refractivity contribution in [2.24, 2.45) is 0 Å². The van der Waals surface area contributed by atoms with Gasteiger partial charge in [-0.3, -0.25) is 4.79 Å². The molecule has 0 saturated carbocycles. The first kappa shape index (κ1) is 16.3. The number of benzene rings is 2. The summed E-state index contributed by atoms with van der Waals surface area (Å²) in [6.45, 7) is 0. The molecule has 26 heavy (non-hydrogen) atoms. The third-order valence-corrected chi connectivity index (χ3v) is 5.30. The van der Waals surface area contributed by atoms with Crippen LogP contribution in [0.25, 0.3) is 31.9 Å². The molecule has 0 saturated heterocycles. The van der Waals surface area contributed by atoms with Gasteiger partial charge >= 0.3 is 5.63 Å². The highest BCUT2D eigenvalue weighted by molar-refractivity contribution is 7.18. The number of fused-ring (bicyclic) bond motifs is 1. The van der Waals surface area contributed by atoms with Gasteiger partial charge in [0.15, 0.2) is 0 Å². The highest BCUT2D eigenvalue weighted by Crippen LogP contribution is 2.37. The van der Waals surface area contributed by atoms with Gasteiger partial charge in [0.25, 0.3) is 0 Å². The normalized spacial score (nSPS) is 10.8. The fourth-order valence-corrected chi connectivity index (χ4v) is 3.91. The Morgan fingerprint density at radius 2 is 1.85 bits per heavy atom. The molecule has 4 rings (SSSR count). The summed E-state index contributed by atoms with van der Waals surface area (Å²) in [5.41, 5.74) is 2.51. The van der Waals surface area contributed by atoms with E-state index in [2.05, 4.69) is 0 Å². The maximum atomic E-state index is 12.0. The minimum Gasteiger partial charge on any atom is -0.497 e. The van der Waals surface area contributed by atoms with Gasteiger partial charge in [-0.15, -0.1) is 11.3 Å². The molecular weight excluding hydrogens is 348 g/mol. The van der Waals surface area contributed by atoms with E-state index < -0.39 is 5.63 Å². The van der Waals surface area contributed by atoms with Crippen molar-refractivity contribution in [1.82, 2.24) is 0 Å². The van der Waals surface area contributed by atoms with Gasteiger partial charge in [-0.2, -0.15) is 0 Å². The van der Waals surface area contributed by atoms with E-state index in [0.717, 1.165) is 32.6 Å². The first-order chi connectivity index (χ1) is 12.7. The minimum atomic E-state index is -0.404. The van der Waals surface area contributed by atoms with Crippen LogP contribution < -0.4 is 10.4 Å². The summed E-state index contributed by atoms with van der Waals surface area (Å²) in [6.07, 6.45) is 0.835. The Labute approximate surface area is 153 Å². The maximum Gasteiger partial charge on any atom is 0.336 e. The van der Waals surface area contributed by atoms with Crippen LogP contribution in [0.3, 0.4) is 0 Å². The Kier molecular flexibility index (Phi) is 4.14. The molecule has 0 aliphatic heterocycles. The van der Waals surface area contributed by atoms with Crippen molar-refractivity contribution < 1.29 is 13.9 Å². The van der Waals surface area contributed by atoms with E-state index in [4.69, 9.17) is 9.15 Å². The van der Waals surface area contributed by atoms with Crippen molar-refractivity contribution in [2.45, 2.75) is 0 Å². The predicted octanol–water partition coefficient (Wildman–Crippen LogP) is 5.01. The highest BCUT2D eigenvalue weighted by Gasteiger charge is 2.12. The second kappa shape index (κ2) is 6.61. The predicted molar refractivity (Wildman–Crippen MR) is 103 cm³/mol. The summed E-state index contributed by atoms with van der Waals surface area (Å²) in [6, 6.07) is 18.4. The SMILES string of the molecule is COc1ccc2c(-c3ccc(-c4cccc(C=O)c4)s3)cc(=O)oc2c1. The summed E-state index contributed by atoms with van der Waals surface area (Å²) in [7, 11) is 1.57. The summed E-state index contributed by atoms with van der Waals surface area (Å²) in [4.78, 5) is 25.0. The topological polar surface area (TPSA) is 56.5 Å². The third kappa shape index (κ3) is 2.93. The molecule has 2 heterocycles. The van der Waals surface area contributed by atoms with E-state index in [1.54, 1.807) is 30.6 Å². The van der Waals surface area contributed by atoms with Gasteiger partial charge in [0.2, 0.25) is 0 Å². The molecule has 5 heteroatoms. The van der Waals surface area contributed by atoms with Crippen LogP contribution >= 0.6 is 11.3 Å². The summed E-state index contributed by atoms with van der Waals surface area (Å²) in [5.74, 6) is 0.635. The fraction of sp³-hybridized carbons (Fsp3) is 0.0476. The van der Waals surface area contributed by atoms with Crippen LogP contribution in [0.4, 0.5) is 0 Å². The molecule has 0 spiro atoms. The van der Waals surface area contributed by atoms with Crippen molar-refractivity contribution in [3.63, 3.8) is 0 Å². The van der Waals surface area contributed by atoms with Gasteiger partial charge in [-0.1, -0.05) is 18.2 Å². The molecule has 0 atom stereocenters. The van der Waals surface area contributed by atoms with Crippen molar-refractivity contribution in [3.8, 4) is 26.6 Å². The Morgan fingerprint density at radius 1 is 1.00 bits per heavy atom. The van der Waals surface area contributed by atoms with Crippen LogP contribution in [-0.2, 0) is 0 Å². The Hall–Kier alpha value is -3.18. The highest BCUT2D eigenvalue weighted by atomic mass is 32.1. The average molecular weight is 362 g/mol. The summed E-state index contributed by atoms with van der Waals surface area (Å²) in [5, 5.41) is 0.848. The first-order valence-electron chi connectivity index (χ1n) is 7.95. The van der Waals surface area contributed by atoms with Crippen LogP contribution in [0, 0.1) is 0 Å². The average Bonchev–Trinajstić information content (AvgIpc) is 3.17. The number of methoxy groups -OCH3 is 1.